The molecule has 1 atom stereocenters. The molecule has 0 radical (unpaired) electrons. The van der Waals surface area contributed by atoms with Crippen LogP contribution in [0, 0.1) is 0 Å². The number of aromatic hydroxyl groups is 1. The Morgan fingerprint density at radius 1 is 1.54 bits per heavy atom. The van der Waals surface area contributed by atoms with Crippen LogP contribution in [0.3, 0.4) is 0 Å². The van der Waals surface area contributed by atoms with Gasteiger partial charge in [0.05, 0.1) is 0 Å². The fourth-order valence-electron chi connectivity index (χ4n) is 1.32. The monoisotopic (exact) mass is 197 g/mol. The van der Waals surface area contributed by atoms with E-state index in [4.69, 9.17) is 5.73 Å². The molecule has 0 aromatic heterocycles. The van der Waals surface area contributed by atoms with Crippen LogP contribution in [0.15, 0.2) is 23.1 Å². The summed E-state index contributed by atoms with van der Waals surface area (Å²) in [6, 6.07) is 5.57. The molecule has 0 fully saturated rings. The first-order chi connectivity index (χ1) is 6.20. The fraction of sp³-hybridized carbons (Fsp3) is 0.400. The molecule has 0 aliphatic rings. The highest BCUT2D eigenvalue weighted by molar-refractivity contribution is 7.98. The van der Waals surface area contributed by atoms with Crippen LogP contribution in [-0.2, 0) is 0 Å². The molecule has 2 nitrogen and oxygen atoms in total. The molecule has 1 rings (SSSR count). The van der Waals surface area contributed by atoms with Gasteiger partial charge in [-0.05, 0) is 30.9 Å². The van der Waals surface area contributed by atoms with Gasteiger partial charge in [0.25, 0.3) is 0 Å². The van der Waals surface area contributed by atoms with E-state index in [0.29, 0.717) is 12.3 Å². The number of phenolic OH excluding ortho intramolecular Hbond substituents is 1. The molecular weight excluding hydrogens is 182 g/mol. The van der Waals surface area contributed by atoms with E-state index in [2.05, 4.69) is 0 Å². The van der Waals surface area contributed by atoms with Crippen LogP contribution in [0.5, 0.6) is 5.75 Å². The van der Waals surface area contributed by atoms with Crippen LogP contribution in [0.4, 0.5) is 0 Å². The minimum Gasteiger partial charge on any atom is -0.508 e. The molecule has 13 heavy (non-hydrogen) atoms. The lowest BCUT2D eigenvalue weighted by Crippen LogP contribution is -2.09. The molecule has 72 valence electrons. The third-order valence-corrected chi connectivity index (χ3v) is 2.91. The highest BCUT2D eigenvalue weighted by Gasteiger charge is 2.12. The van der Waals surface area contributed by atoms with Gasteiger partial charge in [-0.15, -0.1) is 11.8 Å². The number of hydrogen-bond donors (Lipinski definition) is 2. The summed E-state index contributed by atoms with van der Waals surface area (Å²) in [6.45, 7) is 2.58. The first-order valence-electron chi connectivity index (χ1n) is 4.26. The number of nitrogens with two attached hydrogens (primary N) is 1. The normalized spacial score (nSPS) is 12.8. The van der Waals surface area contributed by atoms with Crippen molar-refractivity contribution in [1.82, 2.24) is 0 Å². The van der Waals surface area contributed by atoms with E-state index in [0.717, 1.165) is 10.5 Å². The average Bonchev–Trinajstić information content (AvgIpc) is 2.16. The Balaban J connectivity index is 3.14. The molecule has 1 unspecified atom stereocenters. The molecule has 1 aromatic carbocycles. The Morgan fingerprint density at radius 2 is 2.23 bits per heavy atom. The zero-order valence-corrected chi connectivity index (χ0v) is 8.77. The van der Waals surface area contributed by atoms with E-state index >= 15 is 0 Å². The summed E-state index contributed by atoms with van der Waals surface area (Å²) >= 11 is 1.64. The van der Waals surface area contributed by atoms with Gasteiger partial charge in [0.15, 0.2) is 0 Å². The van der Waals surface area contributed by atoms with Gasteiger partial charge < -0.3 is 10.8 Å². The first kappa shape index (κ1) is 10.4. The summed E-state index contributed by atoms with van der Waals surface area (Å²) in [7, 11) is 0. The van der Waals surface area contributed by atoms with Crippen molar-refractivity contribution in [2.45, 2.75) is 17.7 Å². The maximum Gasteiger partial charge on any atom is 0.120 e. The predicted molar refractivity (Wildman–Crippen MR) is 57.4 cm³/mol. The quantitative estimate of drug-likeness (QED) is 0.730. The van der Waals surface area contributed by atoms with Gasteiger partial charge in [-0.1, -0.05) is 13.0 Å². The summed E-state index contributed by atoms with van der Waals surface area (Å²) in [5.74, 6) is 0.563. The third-order valence-electron chi connectivity index (χ3n) is 2.11. The number of benzene rings is 1. The second-order valence-corrected chi connectivity index (χ2v) is 3.88. The lowest BCUT2D eigenvalue weighted by molar-refractivity contribution is 0.460. The summed E-state index contributed by atoms with van der Waals surface area (Å²) in [4.78, 5) is 1.11. The van der Waals surface area contributed by atoms with E-state index in [1.807, 2.05) is 25.3 Å². The number of hydrogen-bond acceptors (Lipinski definition) is 3. The second kappa shape index (κ2) is 4.53. The van der Waals surface area contributed by atoms with Crippen LogP contribution >= 0.6 is 11.8 Å². The summed E-state index contributed by atoms with van der Waals surface area (Å²) in [5, 5.41) is 9.66. The van der Waals surface area contributed by atoms with Gasteiger partial charge in [0.1, 0.15) is 5.75 Å². The van der Waals surface area contributed by atoms with Crippen LogP contribution in [0.2, 0.25) is 0 Å². The van der Waals surface area contributed by atoms with Crippen LogP contribution in [0.25, 0.3) is 0 Å². The molecule has 0 amide bonds. The van der Waals surface area contributed by atoms with Crippen LogP contribution in [-0.4, -0.2) is 17.9 Å². The summed E-state index contributed by atoms with van der Waals surface area (Å²) in [5.41, 5.74) is 6.55. The van der Waals surface area contributed by atoms with Gasteiger partial charge in [-0.25, -0.2) is 0 Å². The van der Waals surface area contributed by atoms with Crippen LogP contribution < -0.4 is 5.73 Å². The minimum atomic E-state index is 0.212. The van der Waals surface area contributed by atoms with Crippen molar-refractivity contribution in [2.75, 3.05) is 12.8 Å². The molecule has 0 heterocycles. The van der Waals surface area contributed by atoms with E-state index in [-0.39, 0.29) is 5.92 Å². The Bertz CT molecular complexity index is 288. The minimum absolute atomic E-state index is 0.212. The second-order valence-electron chi connectivity index (χ2n) is 3.03. The topological polar surface area (TPSA) is 46.2 Å². The lowest BCUT2D eigenvalue weighted by Gasteiger charge is -2.14. The summed E-state index contributed by atoms with van der Waals surface area (Å²) in [6.07, 6.45) is 2.00. The van der Waals surface area contributed by atoms with Crippen molar-refractivity contribution in [3.63, 3.8) is 0 Å². The molecule has 0 saturated carbocycles. The molecule has 3 N–H and O–H groups in total. The van der Waals surface area contributed by atoms with Gasteiger partial charge >= 0.3 is 0 Å². The van der Waals surface area contributed by atoms with Crippen LogP contribution in [0.1, 0.15) is 18.4 Å². The fourth-order valence-corrected chi connectivity index (χ4v) is 2.06. The number of thioether (sulfide) groups is 1. The smallest absolute Gasteiger partial charge is 0.120 e. The average molecular weight is 197 g/mol. The van der Waals surface area contributed by atoms with Crippen molar-refractivity contribution < 1.29 is 5.11 Å². The van der Waals surface area contributed by atoms with Crippen molar-refractivity contribution in [3.8, 4) is 5.75 Å². The molecule has 3 heteroatoms. The van der Waals surface area contributed by atoms with E-state index in [9.17, 15) is 5.11 Å². The summed E-state index contributed by atoms with van der Waals surface area (Å²) < 4.78 is 0. The highest BCUT2D eigenvalue weighted by atomic mass is 32.2. The maximum atomic E-state index is 9.66. The Kier molecular flexibility index (Phi) is 3.63. The SMILES string of the molecule is CSc1cccc(O)c1C(C)CN. The molecule has 1 aromatic rings. The lowest BCUT2D eigenvalue weighted by atomic mass is 10.0. The number of rotatable bonds is 3. The molecular formula is C10H15NOS. The molecule has 0 saturated heterocycles. The van der Waals surface area contributed by atoms with Gasteiger partial charge in [-0.2, -0.15) is 0 Å². The predicted octanol–water partition coefficient (Wildman–Crippen LogP) is 2.18. The Morgan fingerprint density at radius 3 is 2.77 bits per heavy atom. The van der Waals surface area contributed by atoms with Gasteiger partial charge in [0, 0.05) is 10.5 Å². The zero-order chi connectivity index (χ0) is 9.84. The Hall–Kier alpha value is -0.670. The van der Waals surface area contributed by atoms with E-state index in [1.165, 1.54) is 0 Å². The van der Waals surface area contributed by atoms with Crippen molar-refractivity contribution >= 4 is 11.8 Å². The molecule has 0 bridgehead atoms. The molecule has 0 spiro atoms. The maximum absolute atomic E-state index is 9.66. The third kappa shape index (κ3) is 2.17. The van der Waals surface area contributed by atoms with Gasteiger partial charge in [0.2, 0.25) is 0 Å². The van der Waals surface area contributed by atoms with Gasteiger partial charge in [-0.3, -0.25) is 0 Å². The Labute approximate surface area is 83.1 Å². The van der Waals surface area contributed by atoms with Crippen molar-refractivity contribution in [2.24, 2.45) is 5.73 Å². The van der Waals surface area contributed by atoms with E-state index in [1.54, 1.807) is 17.8 Å². The molecule has 0 aliphatic carbocycles. The van der Waals surface area contributed by atoms with Crippen molar-refractivity contribution in [1.29, 1.82) is 0 Å². The largest absolute Gasteiger partial charge is 0.508 e. The number of phenols is 1. The van der Waals surface area contributed by atoms with Crippen molar-refractivity contribution in [3.05, 3.63) is 23.8 Å². The standard InChI is InChI=1S/C10H15NOS/c1-7(6-11)10-8(12)4-3-5-9(10)13-2/h3-5,7,12H,6,11H2,1-2H3. The van der Waals surface area contributed by atoms with E-state index < -0.39 is 0 Å². The highest BCUT2D eigenvalue weighted by Crippen LogP contribution is 2.33. The first-order valence-corrected chi connectivity index (χ1v) is 5.49. The zero-order valence-electron chi connectivity index (χ0n) is 7.95. The molecule has 0 aliphatic heterocycles.